The van der Waals surface area contributed by atoms with Crippen LogP contribution in [0.4, 0.5) is 5.69 Å². The van der Waals surface area contributed by atoms with Crippen molar-refractivity contribution in [2.75, 3.05) is 12.4 Å². The molecule has 0 heterocycles. The molecular formula is C21H17NO3. The highest BCUT2D eigenvalue weighted by molar-refractivity contribution is 6.06. The molecule has 1 amide bonds. The van der Waals surface area contributed by atoms with Crippen LogP contribution in [0.1, 0.15) is 20.7 Å². The predicted octanol–water partition coefficient (Wildman–Crippen LogP) is 4.43. The number of carbonyl (C=O) groups is 2. The molecule has 0 bridgehead atoms. The molecule has 3 aromatic rings. The normalized spacial score (nSPS) is 10.1. The van der Waals surface area contributed by atoms with E-state index in [4.69, 9.17) is 4.74 Å². The van der Waals surface area contributed by atoms with Gasteiger partial charge >= 0.3 is 0 Å². The van der Waals surface area contributed by atoms with Gasteiger partial charge in [-0.3, -0.25) is 9.59 Å². The number of benzene rings is 3. The molecule has 25 heavy (non-hydrogen) atoms. The van der Waals surface area contributed by atoms with Crippen molar-refractivity contribution in [3.8, 4) is 16.9 Å². The predicted molar refractivity (Wildman–Crippen MR) is 98.2 cm³/mol. The molecule has 0 aromatic heterocycles. The first kappa shape index (κ1) is 16.5. The summed E-state index contributed by atoms with van der Waals surface area (Å²) in [7, 11) is 1.57. The summed E-state index contributed by atoms with van der Waals surface area (Å²) in [4.78, 5) is 23.8. The number of rotatable bonds is 5. The number of methoxy groups -OCH3 is 1. The van der Waals surface area contributed by atoms with E-state index in [1.807, 2.05) is 36.4 Å². The van der Waals surface area contributed by atoms with Crippen LogP contribution in [0.25, 0.3) is 11.1 Å². The summed E-state index contributed by atoms with van der Waals surface area (Å²) in [6.07, 6.45) is 0.735. The summed E-state index contributed by atoms with van der Waals surface area (Å²) in [6.45, 7) is 0. The summed E-state index contributed by atoms with van der Waals surface area (Å²) in [5, 5.41) is 2.81. The molecule has 1 N–H and O–H groups in total. The van der Waals surface area contributed by atoms with Crippen molar-refractivity contribution >= 4 is 17.9 Å². The van der Waals surface area contributed by atoms with Crippen LogP contribution in [-0.2, 0) is 0 Å². The zero-order valence-corrected chi connectivity index (χ0v) is 13.7. The number of hydrogen-bond donors (Lipinski definition) is 1. The van der Waals surface area contributed by atoms with Gasteiger partial charge in [-0.25, -0.2) is 0 Å². The van der Waals surface area contributed by atoms with Crippen molar-refractivity contribution in [2.45, 2.75) is 0 Å². The molecule has 0 spiro atoms. The summed E-state index contributed by atoms with van der Waals surface area (Å²) in [5.74, 6) is 0.396. The lowest BCUT2D eigenvalue weighted by molar-refractivity contribution is 0.102. The average Bonchev–Trinajstić information content (AvgIpc) is 2.68. The van der Waals surface area contributed by atoms with Crippen molar-refractivity contribution < 1.29 is 14.3 Å². The van der Waals surface area contributed by atoms with Crippen LogP contribution in [0.15, 0.2) is 72.8 Å². The second-order valence-corrected chi connectivity index (χ2v) is 5.47. The van der Waals surface area contributed by atoms with Crippen molar-refractivity contribution in [2.24, 2.45) is 0 Å². The zero-order chi connectivity index (χ0) is 17.6. The van der Waals surface area contributed by atoms with Crippen LogP contribution in [-0.4, -0.2) is 19.3 Å². The first-order valence-electron chi connectivity index (χ1n) is 7.81. The molecule has 0 fully saturated rings. The van der Waals surface area contributed by atoms with Crippen LogP contribution in [0.5, 0.6) is 5.75 Å². The van der Waals surface area contributed by atoms with Crippen LogP contribution >= 0.6 is 0 Å². The van der Waals surface area contributed by atoms with E-state index in [0.29, 0.717) is 22.6 Å². The highest BCUT2D eigenvalue weighted by Gasteiger charge is 2.11. The van der Waals surface area contributed by atoms with Gasteiger partial charge in [0.25, 0.3) is 5.91 Å². The monoisotopic (exact) mass is 331 g/mol. The Bertz CT molecular complexity index is 887. The summed E-state index contributed by atoms with van der Waals surface area (Å²) < 4.78 is 5.09. The molecule has 124 valence electrons. The Kier molecular flexibility index (Phi) is 4.90. The lowest BCUT2D eigenvalue weighted by Gasteiger charge is -2.11. The van der Waals surface area contributed by atoms with E-state index in [9.17, 15) is 9.59 Å². The van der Waals surface area contributed by atoms with Gasteiger partial charge in [0.2, 0.25) is 0 Å². The van der Waals surface area contributed by atoms with Crippen molar-refractivity contribution in [3.63, 3.8) is 0 Å². The fourth-order valence-corrected chi connectivity index (χ4v) is 2.51. The number of amides is 1. The first-order chi connectivity index (χ1) is 12.2. The Hall–Kier alpha value is -3.40. The van der Waals surface area contributed by atoms with Gasteiger partial charge in [-0.05, 0) is 47.5 Å². The molecule has 0 saturated heterocycles. The van der Waals surface area contributed by atoms with Gasteiger partial charge < -0.3 is 10.1 Å². The fraction of sp³-hybridized carbons (Fsp3) is 0.0476. The van der Waals surface area contributed by atoms with Gasteiger partial charge in [-0.2, -0.15) is 0 Å². The third kappa shape index (κ3) is 3.75. The number of carbonyl (C=O) groups excluding carboxylic acids is 2. The molecule has 0 aliphatic carbocycles. The molecule has 3 rings (SSSR count). The van der Waals surface area contributed by atoms with Gasteiger partial charge in [-0.15, -0.1) is 0 Å². The van der Waals surface area contributed by atoms with Crippen LogP contribution in [0, 0.1) is 0 Å². The summed E-state index contributed by atoms with van der Waals surface area (Å²) in [5.41, 5.74) is 3.35. The Morgan fingerprint density at radius 3 is 2.28 bits per heavy atom. The molecule has 0 aliphatic heterocycles. The van der Waals surface area contributed by atoms with Gasteiger partial charge in [0.05, 0.1) is 12.8 Å². The molecular weight excluding hydrogens is 314 g/mol. The van der Waals surface area contributed by atoms with E-state index in [1.54, 1.807) is 43.5 Å². The van der Waals surface area contributed by atoms with Gasteiger partial charge in [-0.1, -0.05) is 36.4 Å². The van der Waals surface area contributed by atoms with Gasteiger partial charge in [0.15, 0.2) is 6.29 Å². The standard InChI is InChI=1S/C21H17NO3/c1-25-19-11-9-16(10-12-19)21(24)22-20-13-17(7-8-18(20)14-23)15-5-3-2-4-6-15/h2-14H,1H3,(H,22,24). The summed E-state index contributed by atoms with van der Waals surface area (Å²) in [6, 6.07) is 21.9. The SMILES string of the molecule is COc1ccc(C(=O)Nc2cc(-c3ccccc3)ccc2C=O)cc1. The molecule has 0 atom stereocenters. The van der Waals surface area contributed by atoms with E-state index in [0.717, 1.165) is 17.4 Å². The van der Waals surface area contributed by atoms with Crippen molar-refractivity contribution in [1.29, 1.82) is 0 Å². The fourth-order valence-electron chi connectivity index (χ4n) is 2.51. The Balaban J connectivity index is 1.89. The third-order valence-corrected chi connectivity index (χ3v) is 3.89. The number of hydrogen-bond acceptors (Lipinski definition) is 3. The highest BCUT2D eigenvalue weighted by Crippen LogP contribution is 2.25. The van der Waals surface area contributed by atoms with E-state index in [2.05, 4.69) is 5.32 Å². The third-order valence-electron chi connectivity index (χ3n) is 3.89. The number of aldehydes is 1. The molecule has 3 aromatic carbocycles. The van der Waals surface area contributed by atoms with Crippen molar-refractivity contribution in [3.05, 3.63) is 83.9 Å². The zero-order valence-electron chi connectivity index (χ0n) is 13.7. The quantitative estimate of drug-likeness (QED) is 0.704. The number of anilines is 1. The van der Waals surface area contributed by atoms with Crippen LogP contribution in [0.2, 0.25) is 0 Å². The van der Waals surface area contributed by atoms with Crippen LogP contribution < -0.4 is 10.1 Å². The molecule has 0 saturated carbocycles. The Morgan fingerprint density at radius 2 is 1.64 bits per heavy atom. The highest BCUT2D eigenvalue weighted by atomic mass is 16.5. The Morgan fingerprint density at radius 1 is 0.920 bits per heavy atom. The molecule has 4 nitrogen and oxygen atoms in total. The summed E-state index contributed by atoms with van der Waals surface area (Å²) >= 11 is 0. The lowest BCUT2D eigenvalue weighted by atomic mass is 10.0. The minimum atomic E-state index is -0.282. The maximum atomic E-state index is 12.5. The minimum absolute atomic E-state index is 0.282. The second kappa shape index (κ2) is 7.45. The van der Waals surface area contributed by atoms with Crippen LogP contribution in [0.3, 0.4) is 0 Å². The lowest BCUT2D eigenvalue weighted by Crippen LogP contribution is -2.13. The largest absolute Gasteiger partial charge is 0.497 e. The molecule has 0 aliphatic rings. The number of ether oxygens (including phenoxy) is 1. The van der Waals surface area contributed by atoms with E-state index in [-0.39, 0.29) is 5.91 Å². The van der Waals surface area contributed by atoms with Crippen molar-refractivity contribution in [1.82, 2.24) is 0 Å². The van der Waals surface area contributed by atoms with Gasteiger partial charge in [0, 0.05) is 11.1 Å². The molecule has 0 unspecified atom stereocenters. The maximum absolute atomic E-state index is 12.5. The van der Waals surface area contributed by atoms with E-state index >= 15 is 0 Å². The number of nitrogens with one attached hydrogen (secondary N) is 1. The average molecular weight is 331 g/mol. The Labute approximate surface area is 146 Å². The van der Waals surface area contributed by atoms with Gasteiger partial charge in [0.1, 0.15) is 5.75 Å². The smallest absolute Gasteiger partial charge is 0.255 e. The van der Waals surface area contributed by atoms with E-state index in [1.165, 1.54) is 0 Å². The maximum Gasteiger partial charge on any atom is 0.255 e. The topological polar surface area (TPSA) is 55.4 Å². The minimum Gasteiger partial charge on any atom is -0.497 e. The van der Waals surface area contributed by atoms with E-state index < -0.39 is 0 Å². The first-order valence-corrected chi connectivity index (χ1v) is 7.81. The second-order valence-electron chi connectivity index (χ2n) is 5.47. The molecule has 0 radical (unpaired) electrons. The molecule has 4 heteroatoms.